The van der Waals surface area contributed by atoms with Gasteiger partial charge in [0.25, 0.3) is 0 Å². The van der Waals surface area contributed by atoms with Crippen molar-refractivity contribution in [3.05, 3.63) is 53.6 Å². The molecule has 2 aromatic carbocycles. The molecule has 0 heterocycles. The van der Waals surface area contributed by atoms with Crippen LogP contribution in [0.25, 0.3) is 11.1 Å². The normalized spacial score (nSPS) is 10.6. The molecule has 0 fully saturated rings. The smallest absolute Gasteiger partial charge is 0.207 e. The van der Waals surface area contributed by atoms with Gasteiger partial charge < -0.3 is 5.32 Å². The van der Waals surface area contributed by atoms with E-state index in [2.05, 4.69) is 30.4 Å². The van der Waals surface area contributed by atoms with E-state index in [1.165, 1.54) is 37.0 Å². The van der Waals surface area contributed by atoms with Crippen LogP contribution in [-0.2, 0) is 11.2 Å². The van der Waals surface area contributed by atoms with Gasteiger partial charge >= 0.3 is 0 Å². The van der Waals surface area contributed by atoms with Crippen LogP contribution in [0.1, 0.15) is 54.9 Å². The Kier molecular flexibility index (Phi) is 9.70. The first-order chi connectivity index (χ1) is 13.3. The third kappa shape index (κ3) is 6.87. The molecule has 2 rings (SSSR count). The number of rotatable bonds is 13. The number of carbonyl (C=O) groups excluding carboxylic acids is 2. The molecule has 0 radical (unpaired) electrons. The van der Waals surface area contributed by atoms with Crippen LogP contribution in [0.3, 0.4) is 0 Å². The van der Waals surface area contributed by atoms with E-state index in [1.807, 2.05) is 36.0 Å². The molecule has 1 amide bonds. The molecule has 3 nitrogen and oxygen atoms in total. The Morgan fingerprint density at radius 3 is 2.56 bits per heavy atom. The summed E-state index contributed by atoms with van der Waals surface area (Å²) in [6.45, 7) is 2.82. The van der Waals surface area contributed by atoms with Gasteiger partial charge in [-0.2, -0.15) is 0 Å². The Morgan fingerprint density at radius 2 is 1.78 bits per heavy atom. The molecule has 0 aliphatic rings. The second kappa shape index (κ2) is 12.3. The van der Waals surface area contributed by atoms with Crippen LogP contribution in [-0.4, -0.2) is 25.0 Å². The number of carbonyl (C=O) groups is 2. The zero-order chi connectivity index (χ0) is 19.3. The van der Waals surface area contributed by atoms with Crippen molar-refractivity contribution in [1.82, 2.24) is 5.32 Å². The minimum Gasteiger partial charge on any atom is -0.358 e. The highest BCUT2D eigenvalue weighted by atomic mass is 32.2. The molecule has 0 bridgehead atoms. The molecular formula is C23H29NO2S. The first-order valence-corrected chi connectivity index (χ1v) is 10.8. The summed E-state index contributed by atoms with van der Waals surface area (Å²) in [6.07, 6.45) is 8.82. The molecule has 0 unspecified atom stereocenters. The van der Waals surface area contributed by atoms with Gasteiger partial charge in [0.1, 0.15) is 0 Å². The quantitative estimate of drug-likeness (QED) is 0.281. The molecular weight excluding hydrogens is 354 g/mol. The van der Waals surface area contributed by atoms with Gasteiger partial charge in [0.05, 0.1) is 0 Å². The first-order valence-electron chi connectivity index (χ1n) is 9.77. The Hall–Kier alpha value is -2.07. The van der Waals surface area contributed by atoms with E-state index < -0.39 is 0 Å². The fraction of sp³-hybridized carbons (Fsp3) is 0.391. The van der Waals surface area contributed by atoms with Gasteiger partial charge in [0.2, 0.25) is 6.41 Å². The lowest BCUT2D eigenvalue weighted by atomic mass is 9.94. The van der Waals surface area contributed by atoms with Crippen molar-refractivity contribution >= 4 is 24.5 Å². The number of aldehydes is 1. The predicted molar refractivity (Wildman–Crippen MR) is 115 cm³/mol. The zero-order valence-electron chi connectivity index (χ0n) is 16.1. The van der Waals surface area contributed by atoms with Gasteiger partial charge in [0.15, 0.2) is 6.29 Å². The molecule has 0 aliphatic heterocycles. The summed E-state index contributed by atoms with van der Waals surface area (Å²) in [5.41, 5.74) is 3.87. The van der Waals surface area contributed by atoms with Crippen LogP contribution < -0.4 is 5.32 Å². The summed E-state index contributed by atoms with van der Waals surface area (Å²) in [4.78, 5) is 23.3. The van der Waals surface area contributed by atoms with Gasteiger partial charge in [-0.25, -0.2) is 0 Å². The molecule has 0 saturated carbocycles. The fourth-order valence-electron chi connectivity index (χ4n) is 3.14. The van der Waals surface area contributed by atoms with Crippen molar-refractivity contribution in [3.63, 3.8) is 0 Å². The number of amides is 1. The number of unbranched alkanes of at least 4 members (excludes halogenated alkanes) is 4. The minimum atomic E-state index is 0.588. The second-order valence-corrected chi connectivity index (χ2v) is 7.78. The largest absolute Gasteiger partial charge is 0.358 e. The number of hydrogen-bond acceptors (Lipinski definition) is 3. The molecule has 0 aliphatic carbocycles. The van der Waals surface area contributed by atoms with Gasteiger partial charge in [-0.15, -0.1) is 11.8 Å². The molecule has 27 heavy (non-hydrogen) atoms. The third-order valence-electron chi connectivity index (χ3n) is 4.59. The van der Waals surface area contributed by atoms with Crippen molar-refractivity contribution in [1.29, 1.82) is 0 Å². The molecule has 0 atom stereocenters. The highest BCUT2D eigenvalue weighted by molar-refractivity contribution is 7.99. The highest BCUT2D eigenvalue weighted by Crippen LogP contribution is 2.31. The average Bonchev–Trinajstić information content (AvgIpc) is 2.71. The zero-order valence-corrected chi connectivity index (χ0v) is 16.9. The van der Waals surface area contributed by atoms with Crippen LogP contribution in [0.4, 0.5) is 0 Å². The molecule has 4 heteroatoms. The SMILES string of the molecule is CCCCCCCSc1ccc(-c2ccccc2C=O)c(CCNC=O)c1. The molecule has 0 saturated heterocycles. The fourth-order valence-corrected chi connectivity index (χ4v) is 4.11. The predicted octanol–water partition coefficient (Wildman–Crippen LogP) is 5.52. The summed E-state index contributed by atoms with van der Waals surface area (Å²) in [7, 11) is 0. The maximum Gasteiger partial charge on any atom is 0.207 e. The van der Waals surface area contributed by atoms with E-state index in [1.54, 1.807) is 0 Å². The van der Waals surface area contributed by atoms with Crippen molar-refractivity contribution < 1.29 is 9.59 Å². The van der Waals surface area contributed by atoms with E-state index >= 15 is 0 Å². The molecule has 2 aromatic rings. The van der Waals surface area contributed by atoms with Gasteiger partial charge in [-0.05, 0) is 47.4 Å². The highest BCUT2D eigenvalue weighted by Gasteiger charge is 2.10. The van der Waals surface area contributed by atoms with E-state index in [0.29, 0.717) is 12.1 Å². The Labute approximate surface area is 166 Å². The summed E-state index contributed by atoms with van der Waals surface area (Å²) >= 11 is 1.89. The molecule has 0 aromatic heterocycles. The number of benzene rings is 2. The minimum absolute atomic E-state index is 0.588. The standard InChI is InChI=1S/C23H29NO2S/c1-2-3-4-5-8-15-27-21-11-12-23(19(16-21)13-14-24-18-26)22-10-7-6-9-20(22)17-25/h6-7,9-12,16-18H,2-5,8,13-15H2,1H3,(H,24,26). The summed E-state index contributed by atoms with van der Waals surface area (Å²) in [6, 6.07) is 14.1. The summed E-state index contributed by atoms with van der Waals surface area (Å²) in [5.74, 6) is 1.13. The van der Waals surface area contributed by atoms with Gasteiger partial charge in [-0.3, -0.25) is 9.59 Å². The van der Waals surface area contributed by atoms with Gasteiger partial charge in [0, 0.05) is 17.0 Å². The van der Waals surface area contributed by atoms with Crippen molar-refractivity contribution in [2.45, 2.75) is 50.3 Å². The van der Waals surface area contributed by atoms with Crippen LogP contribution in [0, 0.1) is 0 Å². The van der Waals surface area contributed by atoms with Crippen molar-refractivity contribution in [3.8, 4) is 11.1 Å². The van der Waals surface area contributed by atoms with Crippen LogP contribution >= 0.6 is 11.8 Å². The Bertz CT molecular complexity index is 730. The monoisotopic (exact) mass is 383 g/mol. The van der Waals surface area contributed by atoms with E-state index in [0.717, 1.165) is 41.6 Å². The Balaban J connectivity index is 2.14. The number of hydrogen-bond donors (Lipinski definition) is 1. The number of thioether (sulfide) groups is 1. The van der Waals surface area contributed by atoms with E-state index in [-0.39, 0.29) is 0 Å². The average molecular weight is 384 g/mol. The van der Waals surface area contributed by atoms with E-state index in [4.69, 9.17) is 0 Å². The van der Waals surface area contributed by atoms with Crippen LogP contribution in [0.15, 0.2) is 47.4 Å². The summed E-state index contributed by atoms with van der Waals surface area (Å²) < 4.78 is 0. The maximum absolute atomic E-state index is 11.4. The number of nitrogens with one attached hydrogen (secondary N) is 1. The Morgan fingerprint density at radius 1 is 0.963 bits per heavy atom. The third-order valence-corrected chi connectivity index (χ3v) is 5.67. The molecule has 1 N–H and O–H groups in total. The first kappa shape index (κ1) is 21.2. The lowest BCUT2D eigenvalue weighted by Crippen LogP contribution is -2.14. The van der Waals surface area contributed by atoms with Crippen molar-refractivity contribution in [2.75, 3.05) is 12.3 Å². The molecule has 144 valence electrons. The lowest BCUT2D eigenvalue weighted by Gasteiger charge is -2.14. The van der Waals surface area contributed by atoms with Crippen LogP contribution in [0.2, 0.25) is 0 Å². The van der Waals surface area contributed by atoms with Crippen molar-refractivity contribution in [2.24, 2.45) is 0 Å². The van der Waals surface area contributed by atoms with E-state index in [9.17, 15) is 9.59 Å². The van der Waals surface area contributed by atoms with Gasteiger partial charge in [-0.1, -0.05) is 62.9 Å². The lowest BCUT2D eigenvalue weighted by molar-refractivity contribution is -0.109. The van der Waals surface area contributed by atoms with Crippen LogP contribution in [0.5, 0.6) is 0 Å². The summed E-state index contributed by atoms with van der Waals surface area (Å²) in [5, 5.41) is 2.74. The second-order valence-electron chi connectivity index (χ2n) is 6.61. The molecule has 0 spiro atoms. The maximum atomic E-state index is 11.4. The topological polar surface area (TPSA) is 46.2 Å².